The molecule has 0 aromatic heterocycles. The summed E-state index contributed by atoms with van der Waals surface area (Å²) in [5.74, 6) is 1.57. The lowest BCUT2D eigenvalue weighted by Gasteiger charge is -2.36. The zero-order chi connectivity index (χ0) is 14.5. The molecule has 3 unspecified atom stereocenters. The summed E-state index contributed by atoms with van der Waals surface area (Å²) in [6, 6.07) is 0.505. The van der Waals surface area contributed by atoms with Gasteiger partial charge in [0.1, 0.15) is 0 Å². The van der Waals surface area contributed by atoms with Crippen LogP contribution in [0.25, 0.3) is 0 Å². The normalized spacial score (nSPS) is 31.8. The Morgan fingerprint density at radius 2 is 1.95 bits per heavy atom. The molecule has 0 spiro atoms. The average Bonchev–Trinajstić information content (AvgIpc) is 2.82. The number of nitrogens with zero attached hydrogens (tertiary/aromatic N) is 2. The fourth-order valence-corrected chi connectivity index (χ4v) is 3.90. The number of hydrogen-bond acceptors (Lipinski definition) is 3. The van der Waals surface area contributed by atoms with Crippen LogP contribution in [0, 0.1) is 11.8 Å². The van der Waals surface area contributed by atoms with Crippen molar-refractivity contribution >= 4 is 5.91 Å². The van der Waals surface area contributed by atoms with Gasteiger partial charge in [0.2, 0.25) is 5.91 Å². The van der Waals surface area contributed by atoms with E-state index in [0.717, 1.165) is 32.5 Å². The van der Waals surface area contributed by atoms with Gasteiger partial charge in [-0.05, 0) is 50.5 Å². The Bertz CT molecular complexity index is 312. The molecular weight excluding hydrogens is 252 g/mol. The van der Waals surface area contributed by atoms with E-state index in [-0.39, 0.29) is 6.61 Å². The van der Waals surface area contributed by atoms with Crippen molar-refractivity contribution in [3.8, 4) is 0 Å². The monoisotopic (exact) mass is 282 g/mol. The van der Waals surface area contributed by atoms with Crippen molar-refractivity contribution in [1.29, 1.82) is 0 Å². The van der Waals surface area contributed by atoms with Crippen LogP contribution in [0.15, 0.2) is 0 Å². The molecule has 0 saturated carbocycles. The molecule has 0 aliphatic carbocycles. The summed E-state index contributed by atoms with van der Waals surface area (Å²) in [6.07, 6.45) is 5.49. The maximum atomic E-state index is 12.5. The van der Waals surface area contributed by atoms with E-state index in [4.69, 9.17) is 5.11 Å². The van der Waals surface area contributed by atoms with E-state index in [1.807, 2.05) is 0 Å². The van der Waals surface area contributed by atoms with Crippen LogP contribution < -0.4 is 0 Å². The first-order valence-electron chi connectivity index (χ1n) is 8.22. The molecule has 0 bridgehead atoms. The molecule has 4 heteroatoms. The average molecular weight is 282 g/mol. The second-order valence-electron chi connectivity index (χ2n) is 6.88. The van der Waals surface area contributed by atoms with Crippen LogP contribution in [0.3, 0.4) is 0 Å². The first kappa shape index (κ1) is 15.8. The van der Waals surface area contributed by atoms with Crippen LogP contribution in [0.4, 0.5) is 0 Å². The Morgan fingerprint density at radius 1 is 1.25 bits per heavy atom. The number of carbonyl (C=O) groups is 1. The fraction of sp³-hybridized carbons (Fsp3) is 0.938. The number of piperidine rings is 1. The molecule has 3 atom stereocenters. The van der Waals surface area contributed by atoms with Gasteiger partial charge in [-0.2, -0.15) is 0 Å². The van der Waals surface area contributed by atoms with Gasteiger partial charge >= 0.3 is 0 Å². The molecule has 2 saturated heterocycles. The lowest BCUT2D eigenvalue weighted by Crippen LogP contribution is -2.47. The number of carbonyl (C=O) groups excluding carboxylic acids is 1. The number of likely N-dealkylation sites (tertiary alicyclic amines) is 2. The van der Waals surface area contributed by atoms with Crippen molar-refractivity contribution < 1.29 is 9.90 Å². The lowest BCUT2D eigenvalue weighted by molar-refractivity contribution is -0.135. The van der Waals surface area contributed by atoms with Crippen molar-refractivity contribution in [2.45, 2.75) is 52.0 Å². The minimum absolute atomic E-state index is 0.263. The second-order valence-corrected chi connectivity index (χ2v) is 6.88. The highest BCUT2D eigenvalue weighted by atomic mass is 16.3. The number of amides is 1. The molecule has 0 aromatic rings. The van der Waals surface area contributed by atoms with Gasteiger partial charge < -0.3 is 10.0 Å². The zero-order valence-corrected chi connectivity index (χ0v) is 13.1. The molecule has 2 aliphatic rings. The summed E-state index contributed by atoms with van der Waals surface area (Å²) >= 11 is 0. The van der Waals surface area contributed by atoms with Gasteiger partial charge in [-0.3, -0.25) is 9.69 Å². The molecule has 1 amide bonds. The predicted molar refractivity (Wildman–Crippen MR) is 80.4 cm³/mol. The van der Waals surface area contributed by atoms with Gasteiger partial charge in [0.05, 0.1) is 6.54 Å². The van der Waals surface area contributed by atoms with Crippen LogP contribution in [0.2, 0.25) is 0 Å². The molecule has 1 N–H and O–H groups in total. The lowest BCUT2D eigenvalue weighted by atomic mass is 9.92. The highest BCUT2D eigenvalue weighted by Crippen LogP contribution is 2.24. The van der Waals surface area contributed by atoms with Gasteiger partial charge in [0.15, 0.2) is 0 Å². The molecule has 0 radical (unpaired) electrons. The van der Waals surface area contributed by atoms with Gasteiger partial charge in [-0.1, -0.05) is 13.8 Å². The van der Waals surface area contributed by atoms with Gasteiger partial charge in [-0.25, -0.2) is 0 Å². The smallest absolute Gasteiger partial charge is 0.236 e. The SMILES string of the molecule is CC1CC(C)CN(C(=O)CN2CCCC2CCCO)C1. The van der Waals surface area contributed by atoms with E-state index >= 15 is 0 Å². The Labute approximate surface area is 123 Å². The van der Waals surface area contributed by atoms with E-state index in [2.05, 4.69) is 23.6 Å². The Balaban J connectivity index is 1.83. The second kappa shape index (κ2) is 7.41. The van der Waals surface area contributed by atoms with Crippen molar-refractivity contribution in [3.63, 3.8) is 0 Å². The number of aliphatic hydroxyl groups excluding tert-OH is 1. The third-order valence-electron chi connectivity index (χ3n) is 4.75. The molecule has 0 aromatic carbocycles. The summed E-state index contributed by atoms with van der Waals surface area (Å²) < 4.78 is 0. The summed E-state index contributed by atoms with van der Waals surface area (Å²) in [6.45, 7) is 8.23. The number of rotatable bonds is 5. The van der Waals surface area contributed by atoms with E-state index in [1.54, 1.807) is 0 Å². The summed E-state index contributed by atoms with van der Waals surface area (Å²) in [7, 11) is 0. The van der Waals surface area contributed by atoms with Crippen molar-refractivity contribution in [3.05, 3.63) is 0 Å². The van der Waals surface area contributed by atoms with Gasteiger partial charge in [0.25, 0.3) is 0 Å². The standard InChI is InChI=1S/C16H30N2O2/c1-13-9-14(2)11-18(10-13)16(20)12-17-7-3-5-15(17)6-4-8-19/h13-15,19H,3-12H2,1-2H3. The van der Waals surface area contributed by atoms with E-state index < -0.39 is 0 Å². The molecule has 4 nitrogen and oxygen atoms in total. The zero-order valence-electron chi connectivity index (χ0n) is 13.1. The van der Waals surface area contributed by atoms with Crippen molar-refractivity contribution in [1.82, 2.24) is 9.80 Å². The molecular formula is C16H30N2O2. The highest BCUT2D eigenvalue weighted by molar-refractivity contribution is 5.78. The summed E-state index contributed by atoms with van der Waals surface area (Å²) in [4.78, 5) is 16.9. The summed E-state index contributed by atoms with van der Waals surface area (Å²) in [5, 5.41) is 8.96. The van der Waals surface area contributed by atoms with E-state index in [1.165, 1.54) is 19.3 Å². The summed E-state index contributed by atoms with van der Waals surface area (Å²) in [5.41, 5.74) is 0. The van der Waals surface area contributed by atoms with Crippen LogP contribution in [-0.4, -0.2) is 59.6 Å². The number of aliphatic hydroxyl groups is 1. The van der Waals surface area contributed by atoms with Crippen LogP contribution in [0.5, 0.6) is 0 Å². The quantitative estimate of drug-likeness (QED) is 0.835. The Kier molecular flexibility index (Phi) is 5.85. The Hall–Kier alpha value is -0.610. The number of hydrogen-bond donors (Lipinski definition) is 1. The molecule has 2 fully saturated rings. The topological polar surface area (TPSA) is 43.8 Å². The van der Waals surface area contributed by atoms with Gasteiger partial charge in [0, 0.05) is 25.7 Å². The minimum atomic E-state index is 0.263. The van der Waals surface area contributed by atoms with Gasteiger partial charge in [-0.15, -0.1) is 0 Å². The molecule has 20 heavy (non-hydrogen) atoms. The molecule has 2 heterocycles. The highest BCUT2D eigenvalue weighted by Gasteiger charge is 2.30. The van der Waals surface area contributed by atoms with Crippen molar-refractivity contribution in [2.75, 3.05) is 32.8 Å². The van der Waals surface area contributed by atoms with Crippen LogP contribution in [-0.2, 0) is 4.79 Å². The maximum absolute atomic E-state index is 12.5. The third-order valence-corrected chi connectivity index (χ3v) is 4.75. The molecule has 2 aliphatic heterocycles. The predicted octanol–water partition coefficient (Wildman–Crippen LogP) is 1.73. The van der Waals surface area contributed by atoms with Crippen LogP contribution >= 0.6 is 0 Å². The van der Waals surface area contributed by atoms with E-state index in [9.17, 15) is 4.79 Å². The van der Waals surface area contributed by atoms with E-state index in [0.29, 0.717) is 30.3 Å². The fourth-order valence-electron chi connectivity index (χ4n) is 3.90. The minimum Gasteiger partial charge on any atom is -0.396 e. The third kappa shape index (κ3) is 4.19. The Morgan fingerprint density at radius 3 is 2.60 bits per heavy atom. The maximum Gasteiger partial charge on any atom is 0.236 e. The molecule has 116 valence electrons. The first-order valence-corrected chi connectivity index (χ1v) is 8.22. The first-order chi connectivity index (χ1) is 9.60. The van der Waals surface area contributed by atoms with Crippen molar-refractivity contribution in [2.24, 2.45) is 11.8 Å². The van der Waals surface area contributed by atoms with Crippen LogP contribution in [0.1, 0.15) is 46.0 Å². The molecule has 2 rings (SSSR count). The largest absolute Gasteiger partial charge is 0.396 e.